The lowest BCUT2D eigenvalue weighted by atomic mass is 9.93. The number of carbonyl (C=O) groups is 2. The fraction of sp³-hybridized carbons (Fsp3) is 0.478. The number of ether oxygens (including phenoxy) is 2. The van der Waals surface area contributed by atoms with Crippen molar-refractivity contribution in [3.8, 4) is 5.75 Å². The minimum Gasteiger partial charge on any atom is -0.495 e. The van der Waals surface area contributed by atoms with Gasteiger partial charge in [-0.2, -0.15) is 0 Å². The van der Waals surface area contributed by atoms with Gasteiger partial charge in [-0.3, -0.25) is 9.80 Å². The molecule has 4 rings (SSSR count). The van der Waals surface area contributed by atoms with Crippen LogP contribution >= 0.6 is 0 Å². The Hall–Kier alpha value is -3.41. The number of benzene rings is 1. The number of anilines is 2. The zero-order chi connectivity index (χ0) is 26.6. The Morgan fingerprint density at radius 2 is 2.00 bits per heavy atom. The smallest absolute Gasteiger partial charge is 0.414 e. The van der Waals surface area contributed by atoms with Crippen molar-refractivity contribution in [3.63, 3.8) is 0 Å². The van der Waals surface area contributed by atoms with E-state index in [2.05, 4.69) is 9.97 Å². The van der Waals surface area contributed by atoms with Crippen molar-refractivity contribution in [2.24, 2.45) is 0 Å². The number of sulfone groups is 1. The number of nitrogens with zero attached hydrogens (tertiary/aromatic N) is 5. The monoisotopic (exact) mass is 504 g/mol. The third kappa shape index (κ3) is 4.62. The first-order chi connectivity index (χ1) is 16.7. The summed E-state index contributed by atoms with van der Waals surface area (Å²) in [6.45, 7) is 5.39. The molecule has 2 aliphatic heterocycles. The minimum absolute atomic E-state index is 0.0187. The average molecular weight is 505 g/mol. The standard InChI is InChI=1S/C23H29N5O6S/c1-23(2,3)34-22(30)27-11-10-16(15-8-7-9-17(33-5)18(15)27)28-13-14-12-24-20(35(6,31)32)25-19(14)26(4)21(28)29/h7-9,12,16H,10-11,13H2,1-6H3/i16D. The van der Waals surface area contributed by atoms with Crippen LogP contribution in [0.25, 0.3) is 0 Å². The number of para-hydroxylation sites is 1. The van der Waals surface area contributed by atoms with Gasteiger partial charge in [0.2, 0.25) is 15.0 Å². The van der Waals surface area contributed by atoms with Gasteiger partial charge in [-0.25, -0.2) is 28.0 Å². The third-order valence-electron chi connectivity index (χ3n) is 5.63. The van der Waals surface area contributed by atoms with Crippen LogP contribution in [-0.2, 0) is 21.1 Å². The quantitative estimate of drug-likeness (QED) is 0.584. The molecule has 1 atom stereocenters. The zero-order valence-corrected chi connectivity index (χ0v) is 21.3. The molecule has 0 bridgehead atoms. The minimum atomic E-state index is -3.67. The Bertz CT molecular complexity index is 1340. The van der Waals surface area contributed by atoms with Crippen molar-refractivity contribution < 1.29 is 28.9 Å². The van der Waals surface area contributed by atoms with Gasteiger partial charge in [0.1, 0.15) is 17.2 Å². The second-order valence-electron chi connectivity index (χ2n) is 9.39. The molecule has 0 aliphatic carbocycles. The molecule has 3 heterocycles. The number of hydrogen-bond acceptors (Lipinski definition) is 8. The van der Waals surface area contributed by atoms with E-state index in [1.54, 1.807) is 39.0 Å². The topological polar surface area (TPSA) is 122 Å². The van der Waals surface area contributed by atoms with E-state index >= 15 is 0 Å². The number of rotatable bonds is 3. The first-order valence-electron chi connectivity index (χ1n) is 11.5. The Morgan fingerprint density at radius 3 is 2.63 bits per heavy atom. The van der Waals surface area contributed by atoms with Gasteiger partial charge in [0.25, 0.3) is 0 Å². The van der Waals surface area contributed by atoms with E-state index in [9.17, 15) is 19.4 Å². The highest BCUT2D eigenvalue weighted by atomic mass is 32.2. The molecule has 1 aromatic heterocycles. The second-order valence-corrected chi connectivity index (χ2v) is 11.3. The summed E-state index contributed by atoms with van der Waals surface area (Å²) in [6, 6.07) is 2.97. The van der Waals surface area contributed by atoms with Crippen LogP contribution in [-0.4, -0.2) is 68.0 Å². The van der Waals surface area contributed by atoms with Gasteiger partial charge in [0, 0.05) is 37.2 Å². The van der Waals surface area contributed by atoms with E-state index in [0.29, 0.717) is 22.6 Å². The Labute approximate surface area is 206 Å². The van der Waals surface area contributed by atoms with Gasteiger partial charge in [-0.1, -0.05) is 12.1 Å². The van der Waals surface area contributed by atoms with Gasteiger partial charge in [0.05, 0.1) is 26.7 Å². The van der Waals surface area contributed by atoms with Gasteiger partial charge >= 0.3 is 12.1 Å². The number of fused-ring (bicyclic) bond motifs is 2. The molecular formula is C23H29N5O6S. The summed E-state index contributed by atoms with van der Waals surface area (Å²) < 4.78 is 44.4. The second kappa shape index (κ2) is 8.67. The number of carbonyl (C=O) groups excluding carboxylic acids is 2. The predicted molar refractivity (Wildman–Crippen MR) is 128 cm³/mol. The van der Waals surface area contributed by atoms with Crippen LogP contribution in [0.15, 0.2) is 29.6 Å². The molecule has 3 amide bonds. The Balaban J connectivity index is 1.79. The number of methoxy groups -OCH3 is 1. The van der Waals surface area contributed by atoms with Crippen molar-refractivity contribution in [2.45, 2.75) is 50.5 Å². The maximum Gasteiger partial charge on any atom is 0.414 e. The molecule has 11 nitrogen and oxygen atoms in total. The molecule has 2 aliphatic rings. The van der Waals surface area contributed by atoms with Crippen LogP contribution in [0.1, 0.15) is 45.7 Å². The molecule has 12 heteroatoms. The molecule has 0 radical (unpaired) electrons. The molecule has 0 saturated carbocycles. The van der Waals surface area contributed by atoms with Crippen LogP contribution in [0.4, 0.5) is 21.1 Å². The molecular weight excluding hydrogens is 474 g/mol. The molecule has 1 unspecified atom stereocenters. The van der Waals surface area contributed by atoms with Crippen molar-refractivity contribution in [3.05, 3.63) is 35.5 Å². The maximum atomic E-state index is 13.5. The summed E-state index contributed by atoms with van der Waals surface area (Å²) >= 11 is 0. The summed E-state index contributed by atoms with van der Waals surface area (Å²) in [5, 5.41) is -0.379. The summed E-state index contributed by atoms with van der Waals surface area (Å²) in [5.74, 6) is 0.543. The van der Waals surface area contributed by atoms with Crippen LogP contribution in [0.5, 0.6) is 5.75 Å². The lowest BCUT2D eigenvalue weighted by Crippen LogP contribution is -2.50. The van der Waals surface area contributed by atoms with E-state index in [1.165, 1.54) is 35.1 Å². The molecule has 35 heavy (non-hydrogen) atoms. The largest absolute Gasteiger partial charge is 0.495 e. The molecule has 1 aromatic carbocycles. The number of hydrogen-bond donors (Lipinski definition) is 0. The highest BCUT2D eigenvalue weighted by molar-refractivity contribution is 7.90. The van der Waals surface area contributed by atoms with Crippen LogP contribution in [0, 0.1) is 0 Å². The molecule has 2 aromatic rings. The first-order valence-corrected chi connectivity index (χ1v) is 12.9. The van der Waals surface area contributed by atoms with E-state index in [1.807, 2.05) is 0 Å². The van der Waals surface area contributed by atoms with Crippen LogP contribution in [0.2, 0.25) is 0 Å². The summed E-state index contributed by atoms with van der Waals surface area (Å²) in [6.07, 6.45) is 1.88. The van der Waals surface area contributed by atoms with E-state index < -0.39 is 33.6 Å². The van der Waals surface area contributed by atoms with Gasteiger partial charge in [0.15, 0.2) is 0 Å². The summed E-state index contributed by atoms with van der Waals surface area (Å²) in [4.78, 5) is 38.6. The number of urea groups is 1. The van der Waals surface area contributed by atoms with Gasteiger partial charge < -0.3 is 14.4 Å². The fourth-order valence-corrected chi connectivity index (χ4v) is 4.62. The van der Waals surface area contributed by atoms with Crippen molar-refractivity contribution in [1.82, 2.24) is 14.9 Å². The molecule has 188 valence electrons. The highest BCUT2D eigenvalue weighted by Gasteiger charge is 2.41. The maximum absolute atomic E-state index is 13.5. The molecule has 0 saturated heterocycles. The lowest BCUT2D eigenvalue weighted by molar-refractivity contribution is 0.0571. The van der Waals surface area contributed by atoms with E-state index in [4.69, 9.17) is 9.47 Å². The fourth-order valence-electron chi connectivity index (χ4n) is 4.13. The van der Waals surface area contributed by atoms with Crippen molar-refractivity contribution >= 4 is 33.5 Å². The molecule has 0 N–H and O–H groups in total. The summed E-state index contributed by atoms with van der Waals surface area (Å²) in [7, 11) is -0.734. The SMILES string of the molecule is [2H]C1(N2Cc3cnc(S(C)(=O)=O)nc3N(C)C2=O)CCN(C(=O)OC(C)(C)C)c2c(OC)cccc21. The van der Waals surface area contributed by atoms with Crippen molar-refractivity contribution in [2.75, 3.05) is 36.8 Å². The molecule has 0 spiro atoms. The molecule has 0 fully saturated rings. The Morgan fingerprint density at radius 1 is 1.29 bits per heavy atom. The average Bonchev–Trinajstić information content (AvgIpc) is 2.79. The van der Waals surface area contributed by atoms with Crippen molar-refractivity contribution in [1.29, 1.82) is 0 Å². The predicted octanol–water partition coefficient (Wildman–Crippen LogP) is 3.15. The number of aromatic nitrogens is 2. The van der Waals surface area contributed by atoms with Gasteiger partial charge in [-0.15, -0.1) is 0 Å². The highest BCUT2D eigenvalue weighted by Crippen LogP contribution is 2.45. The van der Waals surface area contributed by atoms with E-state index in [0.717, 1.165) is 6.26 Å². The lowest BCUT2D eigenvalue weighted by Gasteiger charge is -2.43. The normalized spacial score (nSPS) is 20.7. The number of amides is 3. The zero-order valence-electron chi connectivity index (χ0n) is 21.5. The summed E-state index contributed by atoms with van der Waals surface area (Å²) in [5.41, 5.74) is 0.530. The van der Waals surface area contributed by atoms with Crippen LogP contribution in [0.3, 0.4) is 0 Å². The van der Waals surface area contributed by atoms with Crippen LogP contribution < -0.4 is 14.5 Å². The van der Waals surface area contributed by atoms with E-state index in [-0.39, 0.29) is 30.5 Å². The Kier molecular flexibility index (Phi) is 5.78. The third-order valence-corrected chi connectivity index (χ3v) is 6.49. The van der Waals surface area contributed by atoms with Gasteiger partial charge in [-0.05, 0) is 33.3 Å². The first kappa shape index (κ1) is 23.3.